The van der Waals surface area contributed by atoms with Crippen molar-refractivity contribution in [1.82, 2.24) is 34.9 Å². The van der Waals surface area contributed by atoms with Crippen LogP contribution in [0.2, 0.25) is 0 Å². The van der Waals surface area contributed by atoms with Gasteiger partial charge in [-0.05, 0) is 237 Å². The molecule has 0 saturated carbocycles. The Hall–Kier alpha value is -5.49. The molecular weight excluding hydrogens is 1170 g/mol. The molecule has 3 aromatic heterocycles. The average molecular weight is 1260 g/mol. The molecular formula is C73H97CuN7O8. The summed E-state index contributed by atoms with van der Waals surface area (Å²) in [6, 6.07) is 20.8. The van der Waals surface area contributed by atoms with E-state index in [2.05, 4.69) is 54.6 Å². The van der Waals surface area contributed by atoms with Gasteiger partial charge in [0.15, 0.2) is 0 Å². The van der Waals surface area contributed by atoms with Crippen molar-refractivity contribution in [3.05, 3.63) is 99.1 Å². The van der Waals surface area contributed by atoms with Crippen molar-refractivity contribution in [2.75, 3.05) is 110 Å². The molecule has 7 aromatic rings. The van der Waals surface area contributed by atoms with Gasteiger partial charge in [-0.1, -0.05) is 48.5 Å². The van der Waals surface area contributed by atoms with Gasteiger partial charge in [-0.3, -0.25) is 0 Å². The van der Waals surface area contributed by atoms with E-state index in [4.69, 9.17) is 72.8 Å². The second-order valence-electron chi connectivity index (χ2n) is 23.8. The van der Waals surface area contributed by atoms with Crippen molar-refractivity contribution in [3.63, 3.8) is 0 Å². The number of ether oxygens (including phenoxy) is 8. The van der Waals surface area contributed by atoms with Crippen molar-refractivity contribution >= 4 is 44.0 Å². The zero-order valence-corrected chi connectivity index (χ0v) is 55.5. The Labute approximate surface area is 539 Å². The molecule has 8 bridgehead atoms. The first kappa shape index (κ1) is 69.4. The largest absolute Gasteiger partial charge is 2.00 e. The van der Waals surface area contributed by atoms with Gasteiger partial charge in [-0.25, -0.2) is 9.97 Å². The number of aromatic nitrogens is 7. The van der Waals surface area contributed by atoms with Crippen LogP contribution in [0.4, 0.5) is 0 Å². The first-order chi connectivity index (χ1) is 43.4. The van der Waals surface area contributed by atoms with Crippen molar-refractivity contribution in [2.45, 2.75) is 154 Å². The number of hydrogen-bond donors (Lipinski definition) is 0. The van der Waals surface area contributed by atoms with Crippen LogP contribution in [0.3, 0.4) is 0 Å². The van der Waals surface area contributed by atoms with E-state index in [1.54, 1.807) is 56.9 Å². The van der Waals surface area contributed by atoms with E-state index in [9.17, 15) is 0 Å². The van der Waals surface area contributed by atoms with Crippen LogP contribution in [0, 0.1) is 0 Å². The number of nitrogens with zero attached hydrogens (tertiary/aromatic N) is 7. The number of unbranched alkanes of at least 4 members (excludes halogenated alkanes) is 8. The number of hydrogen-bond acceptors (Lipinski definition) is 13. The standard InChI is InChI=1S/C73H97N7O8.Cu/c1-81-41-17-9-25-50-33-35-52(27-11-19-43-83-3)62-60(50)58-49-59-61-51(26-10-18-42-82-2)34-36-53(28-12-20-44-84-4)63(61)69(75-59)77-71-65-55(30-14-22-46-86-6)38-40-57(32-16-24-48-88-8)67(65)73(79-71)80-72-66-56(31-15-23-47-87-7)39-37-54(29-13-21-45-85-5)64(66)70(78-72)76-68(62)74-58;/h33-40,49H,9-32,41-48H2,1-8H3;/q-2;+2. The Kier molecular flexibility index (Phi) is 28.5. The number of benzene rings is 4. The van der Waals surface area contributed by atoms with Gasteiger partial charge in [0.05, 0.1) is 23.2 Å². The molecule has 0 atom stereocenters. The van der Waals surface area contributed by atoms with Gasteiger partial charge in [-0.2, -0.15) is 0 Å². The Morgan fingerprint density at radius 1 is 0.270 bits per heavy atom. The average Bonchev–Trinajstić information content (AvgIpc) is 1.72. The third-order valence-electron chi connectivity index (χ3n) is 17.5. The van der Waals surface area contributed by atoms with Crippen LogP contribution >= 0.6 is 0 Å². The molecule has 0 unspecified atom stereocenters. The summed E-state index contributed by atoms with van der Waals surface area (Å²) in [5, 5.41) is 4.21. The zero-order chi connectivity index (χ0) is 61.5. The fourth-order valence-electron chi connectivity index (χ4n) is 13.0. The van der Waals surface area contributed by atoms with Crippen molar-refractivity contribution in [1.29, 1.82) is 0 Å². The molecule has 5 heterocycles. The summed E-state index contributed by atoms with van der Waals surface area (Å²) in [6.45, 7) is 5.52. The van der Waals surface area contributed by atoms with Gasteiger partial charge in [0, 0.05) is 143 Å². The van der Waals surface area contributed by atoms with Crippen molar-refractivity contribution in [2.24, 2.45) is 0 Å². The molecule has 0 N–H and O–H groups in total. The third-order valence-corrected chi connectivity index (χ3v) is 17.5. The maximum atomic E-state index is 5.84. The molecule has 0 amide bonds. The molecule has 1 radical (unpaired) electrons. The van der Waals surface area contributed by atoms with Crippen LogP contribution in [-0.2, 0) is 106 Å². The van der Waals surface area contributed by atoms with E-state index in [1.165, 1.54) is 44.5 Å². The first-order valence-corrected chi connectivity index (χ1v) is 32.8. The minimum absolute atomic E-state index is 0. The second kappa shape index (κ2) is 36.5. The van der Waals surface area contributed by atoms with Gasteiger partial charge in [0.25, 0.3) is 0 Å². The maximum Gasteiger partial charge on any atom is 2.00 e. The molecule has 0 saturated heterocycles. The summed E-state index contributed by atoms with van der Waals surface area (Å²) >= 11 is 0. The van der Waals surface area contributed by atoms with Crippen LogP contribution in [-0.4, -0.2) is 135 Å². The van der Waals surface area contributed by atoms with Gasteiger partial charge >= 0.3 is 17.1 Å². The van der Waals surface area contributed by atoms with E-state index in [0.29, 0.717) is 87.3 Å². The quantitative estimate of drug-likeness (QED) is 0.0263. The molecule has 0 spiro atoms. The summed E-state index contributed by atoms with van der Waals surface area (Å²) in [5.41, 5.74) is 17.4. The zero-order valence-electron chi connectivity index (χ0n) is 54.5. The first-order valence-electron chi connectivity index (χ1n) is 32.8. The predicted molar refractivity (Wildman–Crippen MR) is 355 cm³/mol. The molecule has 483 valence electrons. The third kappa shape index (κ3) is 17.6. The molecule has 0 fully saturated rings. The molecule has 9 rings (SSSR count). The fourth-order valence-corrected chi connectivity index (χ4v) is 13.0. The topological polar surface area (TPSA) is 166 Å². The summed E-state index contributed by atoms with van der Waals surface area (Å²) in [5.74, 6) is 1.89. The minimum Gasteiger partial charge on any atom is -0.435 e. The molecule has 89 heavy (non-hydrogen) atoms. The van der Waals surface area contributed by atoms with Crippen LogP contribution in [0.25, 0.3) is 89.4 Å². The van der Waals surface area contributed by atoms with Crippen LogP contribution < -0.4 is 9.97 Å². The molecule has 16 heteroatoms. The van der Waals surface area contributed by atoms with Gasteiger partial charge < -0.3 is 62.8 Å². The maximum absolute atomic E-state index is 5.84. The van der Waals surface area contributed by atoms with Gasteiger partial charge in [0.2, 0.25) is 0 Å². The van der Waals surface area contributed by atoms with Crippen LogP contribution in [0.15, 0.2) is 54.6 Å². The molecule has 2 aliphatic heterocycles. The Balaban J connectivity index is 0.0000102. The van der Waals surface area contributed by atoms with E-state index < -0.39 is 0 Å². The monoisotopic (exact) mass is 1260 g/mol. The number of rotatable bonds is 40. The number of methoxy groups -OCH3 is 8. The van der Waals surface area contributed by atoms with Crippen LogP contribution in [0.1, 0.15) is 147 Å². The van der Waals surface area contributed by atoms with E-state index in [-0.39, 0.29) is 17.1 Å². The molecule has 0 aliphatic carbocycles. The molecule has 4 aromatic carbocycles. The van der Waals surface area contributed by atoms with E-state index in [0.717, 1.165) is 209 Å². The molecule has 2 aliphatic rings. The van der Waals surface area contributed by atoms with E-state index >= 15 is 0 Å². The summed E-state index contributed by atoms with van der Waals surface area (Å²) < 4.78 is 44.8. The number of fused-ring (bicyclic) bond motifs is 20. The van der Waals surface area contributed by atoms with Gasteiger partial charge in [-0.15, -0.1) is 0 Å². The minimum atomic E-state index is 0. The van der Waals surface area contributed by atoms with Crippen molar-refractivity contribution < 1.29 is 55.0 Å². The molecule has 15 nitrogen and oxygen atoms in total. The Bertz CT molecular complexity index is 3100. The fraction of sp³-hybridized carbons (Fsp3) is 0.548. The van der Waals surface area contributed by atoms with E-state index in [1.807, 2.05) is 0 Å². The summed E-state index contributed by atoms with van der Waals surface area (Å²) in [4.78, 5) is 40.5. The van der Waals surface area contributed by atoms with Gasteiger partial charge in [0.1, 0.15) is 0 Å². The second-order valence-corrected chi connectivity index (χ2v) is 23.8. The predicted octanol–water partition coefficient (Wildman–Crippen LogP) is 14.5. The van der Waals surface area contributed by atoms with Crippen LogP contribution in [0.5, 0.6) is 0 Å². The number of aryl methyl sites for hydroxylation is 8. The van der Waals surface area contributed by atoms with Crippen molar-refractivity contribution in [3.8, 4) is 45.4 Å². The summed E-state index contributed by atoms with van der Waals surface area (Å²) in [7, 11) is 14.2. The Morgan fingerprint density at radius 2 is 0.517 bits per heavy atom. The Morgan fingerprint density at radius 3 is 0.843 bits per heavy atom. The summed E-state index contributed by atoms with van der Waals surface area (Å²) in [6.07, 6.45) is 21.6. The SMILES string of the molecule is COCCCCc1ccc(CCCCOC)c2c1-c1cc3[n-]c(nc4nc(nc5[n-]c(nc-2n1)c1c(CCCCOC)ccc(CCCCOC)c51)-c1c(CCCCOC)ccc(CCCCOC)c1-4)c1c(CCCCOC)ccc(CCCCOC)c31.[Cu+2]. The smallest absolute Gasteiger partial charge is 0.435 e. The normalized spacial score (nSPS) is 12.0.